The summed E-state index contributed by atoms with van der Waals surface area (Å²) < 4.78 is 24.0. The van der Waals surface area contributed by atoms with E-state index in [-0.39, 0.29) is 13.0 Å². The Kier molecular flexibility index (Phi) is 0.881. The van der Waals surface area contributed by atoms with E-state index < -0.39 is 11.5 Å². The summed E-state index contributed by atoms with van der Waals surface area (Å²) in [6, 6.07) is 0. The van der Waals surface area contributed by atoms with Crippen LogP contribution in [0.1, 0.15) is 6.42 Å². The largest absolute Gasteiger partial charge is 0.328 e. The van der Waals surface area contributed by atoms with Crippen molar-refractivity contribution < 1.29 is 8.78 Å². The van der Waals surface area contributed by atoms with Gasteiger partial charge in [-0.25, -0.2) is 8.78 Å². The fourth-order valence-corrected chi connectivity index (χ4v) is 0.573. The summed E-state index contributed by atoms with van der Waals surface area (Å²) in [5.74, 6) is -2.69. The van der Waals surface area contributed by atoms with Gasteiger partial charge in [-0.3, -0.25) is 0 Å². The lowest BCUT2D eigenvalue weighted by atomic mass is 10.3. The third-order valence-corrected chi connectivity index (χ3v) is 1.51. The first kappa shape index (κ1) is 5.91. The molecular formula is C4H8F2N2. The van der Waals surface area contributed by atoms with Crippen LogP contribution in [0.15, 0.2) is 0 Å². The van der Waals surface area contributed by atoms with Crippen LogP contribution in [0.25, 0.3) is 0 Å². The maximum atomic E-state index is 12.0. The summed E-state index contributed by atoms with van der Waals surface area (Å²) in [6.45, 7) is -0.125. The van der Waals surface area contributed by atoms with Gasteiger partial charge in [-0.15, -0.1) is 0 Å². The van der Waals surface area contributed by atoms with Gasteiger partial charge in [0, 0.05) is 13.0 Å². The second kappa shape index (κ2) is 1.19. The minimum atomic E-state index is -2.69. The molecule has 0 heterocycles. The molecule has 0 saturated heterocycles. The lowest BCUT2D eigenvalue weighted by Gasteiger charge is -2.03. The smallest absolute Gasteiger partial charge is 0.269 e. The molecule has 1 fully saturated rings. The standard InChI is InChI=1S/C4H8F2N2/c5-4(6)1-3(4,8)2-7/h1-2,7-8H2. The molecule has 0 aromatic carbocycles. The summed E-state index contributed by atoms with van der Waals surface area (Å²) in [5, 5.41) is 0. The van der Waals surface area contributed by atoms with E-state index in [0.717, 1.165) is 0 Å². The highest BCUT2D eigenvalue weighted by atomic mass is 19.3. The molecule has 4 heteroatoms. The number of alkyl halides is 2. The second-order valence-corrected chi connectivity index (χ2v) is 2.24. The molecule has 4 N–H and O–H groups in total. The van der Waals surface area contributed by atoms with Gasteiger partial charge >= 0.3 is 0 Å². The third kappa shape index (κ3) is 0.530. The van der Waals surface area contributed by atoms with Gasteiger partial charge in [0.25, 0.3) is 5.92 Å². The Morgan fingerprint density at radius 1 is 1.50 bits per heavy atom. The third-order valence-electron chi connectivity index (χ3n) is 1.51. The quantitative estimate of drug-likeness (QED) is 0.501. The number of hydrogen-bond acceptors (Lipinski definition) is 2. The molecule has 1 unspecified atom stereocenters. The first-order valence-electron chi connectivity index (χ1n) is 2.39. The van der Waals surface area contributed by atoms with Crippen LogP contribution in [0.5, 0.6) is 0 Å². The average molecular weight is 122 g/mol. The van der Waals surface area contributed by atoms with Crippen molar-refractivity contribution in [3.05, 3.63) is 0 Å². The molecular weight excluding hydrogens is 114 g/mol. The van der Waals surface area contributed by atoms with Crippen molar-refractivity contribution in [2.45, 2.75) is 17.9 Å². The van der Waals surface area contributed by atoms with E-state index in [1.165, 1.54) is 0 Å². The summed E-state index contributed by atoms with van der Waals surface area (Å²) in [4.78, 5) is 0. The molecule has 1 saturated carbocycles. The maximum Gasteiger partial charge on any atom is 0.269 e. The minimum absolute atomic E-state index is 0.125. The van der Waals surface area contributed by atoms with Crippen molar-refractivity contribution in [3.8, 4) is 0 Å². The molecule has 1 atom stereocenters. The van der Waals surface area contributed by atoms with E-state index in [2.05, 4.69) is 0 Å². The number of hydrogen-bond donors (Lipinski definition) is 2. The number of nitrogens with two attached hydrogens (primary N) is 2. The summed E-state index contributed by atoms with van der Waals surface area (Å²) in [6.07, 6.45) is -0.253. The molecule has 1 rings (SSSR count). The number of halogens is 2. The van der Waals surface area contributed by atoms with E-state index in [1.807, 2.05) is 0 Å². The summed E-state index contributed by atoms with van der Waals surface area (Å²) in [7, 11) is 0. The Morgan fingerprint density at radius 2 is 1.88 bits per heavy atom. The Bertz CT molecular complexity index is 115. The van der Waals surface area contributed by atoms with Gasteiger partial charge in [0.1, 0.15) is 0 Å². The van der Waals surface area contributed by atoms with Crippen LogP contribution in [-0.2, 0) is 0 Å². The van der Waals surface area contributed by atoms with Crippen LogP contribution in [0.3, 0.4) is 0 Å². The lowest BCUT2D eigenvalue weighted by Crippen LogP contribution is -2.38. The molecule has 0 amide bonds. The van der Waals surface area contributed by atoms with E-state index in [0.29, 0.717) is 0 Å². The first-order chi connectivity index (χ1) is 3.52. The molecule has 48 valence electrons. The van der Waals surface area contributed by atoms with Crippen molar-refractivity contribution in [1.29, 1.82) is 0 Å². The van der Waals surface area contributed by atoms with Gasteiger partial charge in [-0.2, -0.15) is 0 Å². The highest BCUT2D eigenvalue weighted by Crippen LogP contribution is 2.49. The summed E-state index contributed by atoms with van der Waals surface area (Å²) >= 11 is 0. The predicted molar refractivity (Wildman–Crippen MR) is 25.5 cm³/mol. The van der Waals surface area contributed by atoms with Gasteiger partial charge in [-0.05, 0) is 0 Å². The van der Waals surface area contributed by atoms with Crippen LogP contribution in [0, 0.1) is 0 Å². The molecule has 0 aromatic rings. The topological polar surface area (TPSA) is 52.0 Å². The van der Waals surface area contributed by atoms with E-state index in [1.54, 1.807) is 0 Å². The zero-order chi connectivity index (χ0) is 6.41. The Morgan fingerprint density at radius 3 is 1.88 bits per heavy atom. The fourth-order valence-electron chi connectivity index (χ4n) is 0.573. The van der Waals surface area contributed by atoms with Crippen molar-refractivity contribution in [3.63, 3.8) is 0 Å². The van der Waals surface area contributed by atoms with E-state index >= 15 is 0 Å². The van der Waals surface area contributed by atoms with Crippen LogP contribution >= 0.6 is 0 Å². The molecule has 0 radical (unpaired) electrons. The zero-order valence-corrected chi connectivity index (χ0v) is 4.32. The van der Waals surface area contributed by atoms with Gasteiger partial charge in [0.2, 0.25) is 0 Å². The highest BCUT2D eigenvalue weighted by molar-refractivity contribution is 5.16. The average Bonchev–Trinajstić information content (AvgIpc) is 2.10. The Hall–Kier alpha value is -0.220. The van der Waals surface area contributed by atoms with Gasteiger partial charge in [0.05, 0.1) is 5.54 Å². The molecule has 0 spiro atoms. The normalized spacial score (nSPS) is 42.0. The van der Waals surface area contributed by atoms with E-state index in [9.17, 15) is 8.78 Å². The van der Waals surface area contributed by atoms with Crippen LogP contribution in [0.2, 0.25) is 0 Å². The zero-order valence-electron chi connectivity index (χ0n) is 4.32. The van der Waals surface area contributed by atoms with Crippen LogP contribution < -0.4 is 11.5 Å². The highest BCUT2D eigenvalue weighted by Gasteiger charge is 2.68. The Balaban J connectivity index is 2.55. The van der Waals surface area contributed by atoms with Crippen molar-refractivity contribution in [1.82, 2.24) is 0 Å². The lowest BCUT2D eigenvalue weighted by molar-refractivity contribution is 0.0914. The molecule has 0 aromatic heterocycles. The van der Waals surface area contributed by atoms with Gasteiger partial charge in [0.15, 0.2) is 0 Å². The number of rotatable bonds is 1. The monoisotopic (exact) mass is 122 g/mol. The van der Waals surface area contributed by atoms with Crippen LogP contribution in [-0.4, -0.2) is 18.0 Å². The Labute approximate surface area is 45.8 Å². The first-order valence-corrected chi connectivity index (χ1v) is 2.39. The van der Waals surface area contributed by atoms with E-state index in [4.69, 9.17) is 11.5 Å². The van der Waals surface area contributed by atoms with Crippen molar-refractivity contribution in [2.75, 3.05) is 6.54 Å². The SMILES string of the molecule is NCC1(N)CC1(F)F. The van der Waals surface area contributed by atoms with Crippen molar-refractivity contribution >= 4 is 0 Å². The van der Waals surface area contributed by atoms with Crippen molar-refractivity contribution in [2.24, 2.45) is 11.5 Å². The second-order valence-electron chi connectivity index (χ2n) is 2.24. The van der Waals surface area contributed by atoms with Gasteiger partial charge in [-0.1, -0.05) is 0 Å². The molecule has 8 heavy (non-hydrogen) atoms. The van der Waals surface area contributed by atoms with Gasteiger partial charge < -0.3 is 11.5 Å². The molecule has 2 nitrogen and oxygen atoms in total. The molecule has 1 aliphatic rings. The maximum absolute atomic E-state index is 12.0. The molecule has 1 aliphatic carbocycles. The molecule has 0 bridgehead atoms. The minimum Gasteiger partial charge on any atom is -0.328 e. The molecule has 0 aliphatic heterocycles. The van der Waals surface area contributed by atoms with Crippen LogP contribution in [0.4, 0.5) is 8.78 Å². The predicted octanol–water partition coefficient (Wildman–Crippen LogP) is -0.318. The fraction of sp³-hybridized carbons (Fsp3) is 1.00. The summed E-state index contributed by atoms with van der Waals surface area (Å²) in [5.41, 5.74) is 8.62.